The van der Waals surface area contributed by atoms with Crippen LogP contribution in [-0.2, 0) is 9.59 Å². The smallest absolute Gasteiger partial charge is 0.260 e. The van der Waals surface area contributed by atoms with Crippen LogP contribution in [0, 0.1) is 6.92 Å². The second kappa shape index (κ2) is 8.56. The number of carbonyl (C=O) groups is 2. The summed E-state index contributed by atoms with van der Waals surface area (Å²) in [5.41, 5.74) is 1.03. The van der Waals surface area contributed by atoms with Crippen LogP contribution in [0.25, 0.3) is 0 Å². The maximum Gasteiger partial charge on any atom is 0.260 e. The average Bonchev–Trinajstić information content (AvgIpc) is 2.55. The van der Waals surface area contributed by atoms with E-state index in [9.17, 15) is 9.59 Å². The molecule has 1 aliphatic heterocycles. The molecule has 1 aromatic rings. The standard InChI is InChI=1S/C18H26N2O3/c1-3-6-17(21)19-15-9-11-20(12-10-15)18(22)13-23-16-8-5-4-7-14(16)2/h4-5,7-8,15H,3,6,9-13H2,1-2H3,(H,19,21). The number of likely N-dealkylation sites (tertiary alicyclic amines) is 1. The van der Waals surface area contributed by atoms with Crippen molar-refractivity contribution in [3.05, 3.63) is 29.8 Å². The van der Waals surface area contributed by atoms with Gasteiger partial charge >= 0.3 is 0 Å². The van der Waals surface area contributed by atoms with Crippen molar-refractivity contribution in [3.63, 3.8) is 0 Å². The van der Waals surface area contributed by atoms with Crippen LogP contribution in [0.1, 0.15) is 38.2 Å². The Kier molecular flexibility index (Phi) is 6.44. The van der Waals surface area contributed by atoms with Crippen LogP contribution in [0.2, 0.25) is 0 Å². The predicted octanol–water partition coefficient (Wildman–Crippen LogP) is 2.28. The third kappa shape index (κ3) is 5.27. The first-order valence-electron chi connectivity index (χ1n) is 8.35. The molecule has 0 spiro atoms. The predicted molar refractivity (Wildman–Crippen MR) is 89.3 cm³/mol. The third-order valence-electron chi connectivity index (χ3n) is 4.13. The van der Waals surface area contributed by atoms with Crippen LogP contribution >= 0.6 is 0 Å². The van der Waals surface area contributed by atoms with Crippen molar-refractivity contribution in [3.8, 4) is 5.75 Å². The van der Waals surface area contributed by atoms with E-state index >= 15 is 0 Å². The Morgan fingerprint density at radius 3 is 2.61 bits per heavy atom. The van der Waals surface area contributed by atoms with Gasteiger partial charge in [-0.25, -0.2) is 0 Å². The number of benzene rings is 1. The number of amides is 2. The highest BCUT2D eigenvalue weighted by Crippen LogP contribution is 2.17. The lowest BCUT2D eigenvalue weighted by molar-refractivity contribution is -0.134. The zero-order valence-electron chi connectivity index (χ0n) is 14.0. The van der Waals surface area contributed by atoms with Gasteiger partial charge in [-0.3, -0.25) is 9.59 Å². The van der Waals surface area contributed by atoms with E-state index in [2.05, 4.69) is 5.32 Å². The van der Waals surface area contributed by atoms with Gasteiger partial charge in [-0.1, -0.05) is 25.1 Å². The van der Waals surface area contributed by atoms with Gasteiger partial charge in [-0.15, -0.1) is 0 Å². The lowest BCUT2D eigenvalue weighted by atomic mass is 10.0. The van der Waals surface area contributed by atoms with Crippen molar-refractivity contribution in [1.29, 1.82) is 0 Å². The molecular formula is C18H26N2O3. The summed E-state index contributed by atoms with van der Waals surface area (Å²) < 4.78 is 5.61. The summed E-state index contributed by atoms with van der Waals surface area (Å²) >= 11 is 0. The number of nitrogens with one attached hydrogen (secondary N) is 1. The van der Waals surface area contributed by atoms with Gasteiger partial charge in [0.25, 0.3) is 5.91 Å². The summed E-state index contributed by atoms with van der Waals surface area (Å²) in [6.07, 6.45) is 3.06. The van der Waals surface area contributed by atoms with E-state index in [1.54, 1.807) is 0 Å². The molecule has 2 rings (SSSR count). The highest BCUT2D eigenvalue weighted by molar-refractivity contribution is 5.78. The average molecular weight is 318 g/mol. The topological polar surface area (TPSA) is 58.6 Å². The molecule has 5 heteroatoms. The Morgan fingerprint density at radius 1 is 1.26 bits per heavy atom. The van der Waals surface area contributed by atoms with Gasteiger partial charge in [-0.2, -0.15) is 0 Å². The Labute approximate surface area is 138 Å². The molecular weight excluding hydrogens is 292 g/mol. The first-order valence-corrected chi connectivity index (χ1v) is 8.35. The summed E-state index contributed by atoms with van der Waals surface area (Å²) in [6.45, 7) is 5.37. The molecule has 0 atom stereocenters. The minimum atomic E-state index is 0.00610. The van der Waals surface area contributed by atoms with E-state index < -0.39 is 0 Å². The van der Waals surface area contributed by atoms with E-state index in [1.165, 1.54) is 0 Å². The molecule has 1 aromatic carbocycles. The van der Waals surface area contributed by atoms with Gasteiger partial charge in [0.2, 0.25) is 5.91 Å². The second-order valence-electron chi connectivity index (χ2n) is 6.03. The highest BCUT2D eigenvalue weighted by Gasteiger charge is 2.23. The Morgan fingerprint density at radius 2 is 1.96 bits per heavy atom. The summed E-state index contributed by atoms with van der Waals surface area (Å²) in [6, 6.07) is 7.87. The van der Waals surface area contributed by atoms with Crippen molar-refractivity contribution >= 4 is 11.8 Å². The lowest BCUT2D eigenvalue weighted by Gasteiger charge is -2.32. The number of ether oxygens (including phenoxy) is 1. The quantitative estimate of drug-likeness (QED) is 0.875. The van der Waals surface area contributed by atoms with E-state index in [1.807, 2.05) is 43.0 Å². The molecule has 1 fully saturated rings. The van der Waals surface area contributed by atoms with Gasteiger partial charge in [-0.05, 0) is 37.8 Å². The molecule has 1 aliphatic rings. The number of nitrogens with zero attached hydrogens (tertiary/aromatic N) is 1. The van der Waals surface area contributed by atoms with Crippen molar-refractivity contribution in [2.45, 2.75) is 45.6 Å². The van der Waals surface area contributed by atoms with Crippen molar-refractivity contribution in [1.82, 2.24) is 10.2 Å². The fourth-order valence-corrected chi connectivity index (χ4v) is 2.75. The molecule has 5 nitrogen and oxygen atoms in total. The molecule has 2 amide bonds. The largest absolute Gasteiger partial charge is 0.484 e. The number of hydrogen-bond donors (Lipinski definition) is 1. The van der Waals surface area contributed by atoms with Crippen molar-refractivity contribution in [2.24, 2.45) is 0 Å². The summed E-state index contributed by atoms with van der Waals surface area (Å²) in [7, 11) is 0. The second-order valence-corrected chi connectivity index (χ2v) is 6.03. The summed E-state index contributed by atoms with van der Waals surface area (Å²) in [5, 5.41) is 3.04. The van der Waals surface area contributed by atoms with Crippen molar-refractivity contribution < 1.29 is 14.3 Å². The maximum atomic E-state index is 12.2. The van der Waals surface area contributed by atoms with E-state index in [-0.39, 0.29) is 24.5 Å². The normalized spacial score (nSPS) is 15.3. The zero-order valence-corrected chi connectivity index (χ0v) is 14.0. The van der Waals surface area contributed by atoms with Gasteiger partial charge in [0, 0.05) is 25.6 Å². The monoisotopic (exact) mass is 318 g/mol. The molecule has 1 heterocycles. The first-order chi connectivity index (χ1) is 11.1. The molecule has 0 radical (unpaired) electrons. The van der Waals surface area contributed by atoms with E-state index in [0.29, 0.717) is 19.5 Å². The van der Waals surface area contributed by atoms with Gasteiger partial charge in [0.1, 0.15) is 5.75 Å². The maximum absolute atomic E-state index is 12.2. The molecule has 1 saturated heterocycles. The van der Waals surface area contributed by atoms with Crippen LogP contribution in [-0.4, -0.2) is 42.5 Å². The number of para-hydroxylation sites is 1. The van der Waals surface area contributed by atoms with Crippen LogP contribution in [0.5, 0.6) is 5.75 Å². The number of piperidine rings is 1. The SMILES string of the molecule is CCCC(=O)NC1CCN(C(=O)COc2ccccc2C)CC1. The molecule has 0 aromatic heterocycles. The Hall–Kier alpha value is -2.04. The molecule has 126 valence electrons. The van der Waals surface area contributed by atoms with Gasteiger partial charge < -0.3 is 15.0 Å². The lowest BCUT2D eigenvalue weighted by Crippen LogP contribution is -2.47. The summed E-state index contributed by atoms with van der Waals surface area (Å²) in [5.74, 6) is 0.870. The van der Waals surface area contributed by atoms with Crippen LogP contribution in [0.3, 0.4) is 0 Å². The van der Waals surface area contributed by atoms with Crippen LogP contribution < -0.4 is 10.1 Å². The molecule has 0 aliphatic carbocycles. The number of carbonyl (C=O) groups excluding carboxylic acids is 2. The first kappa shape index (κ1) is 17.3. The molecule has 0 bridgehead atoms. The zero-order chi connectivity index (χ0) is 16.7. The van der Waals surface area contributed by atoms with Crippen LogP contribution in [0.15, 0.2) is 24.3 Å². The Bertz CT molecular complexity index is 537. The molecule has 1 N–H and O–H groups in total. The summed E-state index contributed by atoms with van der Waals surface area (Å²) in [4.78, 5) is 25.7. The minimum Gasteiger partial charge on any atom is -0.484 e. The number of rotatable bonds is 6. The number of aryl methyl sites for hydroxylation is 1. The molecule has 0 saturated carbocycles. The fourth-order valence-electron chi connectivity index (χ4n) is 2.75. The third-order valence-corrected chi connectivity index (χ3v) is 4.13. The molecule has 23 heavy (non-hydrogen) atoms. The highest BCUT2D eigenvalue weighted by atomic mass is 16.5. The van der Waals surface area contributed by atoms with Gasteiger partial charge in [0.05, 0.1) is 0 Å². The van der Waals surface area contributed by atoms with Crippen LogP contribution in [0.4, 0.5) is 0 Å². The fraction of sp³-hybridized carbons (Fsp3) is 0.556. The Balaban J connectivity index is 1.73. The van der Waals surface area contributed by atoms with Crippen molar-refractivity contribution in [2.75, 3.05) is 19.7 Å². The van der Waals surface area contributed by atoms with E-state index in [0.717, 1.165) is 30.6 Å². The molecule has 0 unspecified atom stereocenters. The minimum absolute atomic E-state index is 0.00610. The van der Waals surface area contributed by atoms with E-state index in [4.69, 9.17) is 4.74 Å². The van der Waals surface area contributed by atoms with Gasteiger partial charge in [0.15, 0.2) is 6.61 Å². The number of hydrogen-bond acceptors (Lipinski definition) is 3.